The number of amides is 4. The Hall–Kier alpha value is -4.70. The average molecular weight is 644 g/mol. The Balaban J connectivity index is 1.47. The van der Waals surface area contributed by atoms with E-state index < -0.39 is 52.6 Å². The van der Waals surface area contributed by atoms with Crippen molar-refractivity contribution in [3.05, 3.63) is 100 Å². The molecule has 2 aliphatic heterocycles. The summed E-state index contributed by atoms with van der Waals surface area (Å²) >= 11 is 6.31. The van der Waals surface area contributed by atoms with E-state index in [0.29, 0.717) is 28.3 Å². The number of carbonyl (C=O) groups excluding carboxylic acids is 4. The van der Waals surface area contributed by atoms with Gasteiger partial charge in [0.2, 0.25) is 11.8 Å². The van der Waals surface area contributed by atoms with Crippen molar-refractivity contribution in [1.82, 2.24) is 9.91 Å². The maximum absolute atomic E-state index is 15.0. The quantitative estimate of drug-likeness (QED) is 0.280. The van der Waals surface area contributed by atoms with Crippen LogP contribution in [0.1, 0.15) is 36.8 Å². The van der Waals surface area contributed by atoms with E-state index in [2.05, 4.69) is 5.43 Å². The standard InChI is InChI=1S/C35H31ClFN3O6/c1-3-39-31(42)24-14-13-23-25(29(24)33(39)44)17-26-32(43)40(38-22-11-9-21(37)10-12-22)34(45)35(26,19-5-7-20(36)8-6-19)30(23)18-4-15-27(41)28(16-18)46-2/h4-13,15-16,24-26,29-30,38,41H,3,14,17H2,1-2H3/t24-,25+,26-,29-,30-,35+/m0/s1. The van der Waals surface area contributed by atoms with Crippen LogP contribution in [0, 0.1) is 29.5 Å². The third kappa shape index (κ3) is 4.19. The van der Waals surface area contributed by atoms with Crippen molar-refractivity contribution >= 4 is 40.9 Å². The number of allylic oxidation sites excluding steroid dienone is 2. The molecule has 0 unspecified atom stereocenters. The Morgan fingerprint density at radius 3 is 2.37 bits per heavy atom. The van der Waals surface area contributed by atoms with Gasteiger partial charge >= 0.3 is 0 Å². The van der Waals surface area contributed by atoms with Gasteiger partial charge in [-0.15, -0.1) is 0 Å². The fourth-order valence-electron chi connectivity index (χ4n) is 8.28. The van der Waals surface area contributed by atoms with Crippen LogP contribution in [0.3, 0.4) is 0 Å². The number of phenols is 1. The van der Waals surface area contributed by atoms with Gasteiger partial charge < -0.3 is 9.84 Å². The zero-order valence-corrected chi connectivity index (χ0v) is 25.8. The zero-order valence-electron chi connectivity index (χ0n) is 25.1. The molecule has 4 amide bonds. The van der Waals surface area contributed by atoms with E-state index in [0.717, 1.165) is 10.6 Å². The van der Waals surface area contributed by atoms with Crippen LogP contribution in [0.5, 0.6) is 11.5 Å². The number of phenolic OH excluding ortho intramolecular Hbond substituents is 1. The van der Waals surface area contributed by atoms with Crippen molar-refractivity contribution in [3.63, 3.8) is 0 Å². The zero-order chi connectivity index (χ0) is 32.5. The van der Waals surface area contributed by atoms with Crippen LogP contribution in [-0.4, -0.2) is 52.3 Å². The lowest BCUT2D eigenvalue weighted by Crippen LogP contribution is -2.53. The predicted octanol–water partition coefficient (Wildman–Crippen LogP) is 5.20. The second kappa shape index (κ2) is 11.0. The monoisotopic (exact) mass is 643 g/mol. The Morgan fingerprint density at radius 2 is 1.70 bits per heavy atom. The first-order valence-corrected chi connectivity index (χ1v) is 15.6. The van der Waals surface area contributed by atoms with Crippen LogP contribution in [0.2, 0.25) is 5.02 Å². The van der Waals surface area contributed by atoms with E-state index in [1.165, 1.54) is 42.3 Å². The number of methoxy groups -OCH3 is 1. The minimum absolute atomic E-state index is 0.100. The average Bonchev–Trinajstić information content (AvgIpc) is 3.43. The minimum atomic E-state index is -1.51. The first-order valence-electron chi connectivity index (χ1n) is 15.2. The lowest BCUT2D eigenvalue weighted by molar-refractivity contribution is -0.141. The Labute approximate surface area is 269 Å². The third-order valence-corrected chi connectivity index (χ3v) is 10.5. The molecule has 46 heavy (non-hydrogen) atoms. The van der Waals surface area contributed by atoms with E-state index >= 15 is 4.79 Å². The molecule has 7 rings (SSSR count). The smallest absolute Gasteiger partial charge is 0.260 e. The van der Waals surface area contributed by atoms with Gasteiger partial charge in [0.25, 0.3) is 11.8 Å². The number of fused-ring (bicyclic) bond motifs is 4. The molecule has 0 bridgehead atoms. The first kappa shape index (κ1) is 30.0. The number of anilines is 1. The summed E-state index contributed by atoms with van der Waals surface area (Å²) < 4.78 is 19.2. The summed E-state index contributed by atoms with van der Waals surface area (Å²) in [6, 6.07) is 17.0. The largest absolute Gasteiger partial charge is 0.504 e. The van der Waals surface area contributed by atoms with Crippen LogP contribution in [0.25, 0.3) is 0 Å². The number of carbonyl (C=O) groups is 4. The molecule has 3 aromatic carbocycles. The van der Waals surface area contributed by atoms with Gasteiger partial charge in [-0.05, 0) is 85.3 Å². The number of rotatable bonds is 6. The Bertz CT molecular complexity index is 1810. The van der Waals surface area contributed by atoms with E-state index in [1.807, 2.05) is 6.08 Å². The lowest BCUT2D eigenvalue weighted by Gasteiger charge is -2.50. The van der Waals surface area contributed by atoms with Crippen molar-refractivity contribution in [2.24, 2.45) is 23.7 Å². The number of aromatic hydroxyl groups is 1. The molecule has 2 heterocycles. The number of benzene rings is 3. The fraction of sp³-hybridized carbons (Fsp3) is 0.314. The van der Waals surface area contributed by atoms with Crippen LogP contribution < -0.4 is 10.2 Å². The number of hydrogen-bond donors (Lipinski definition) is 2. The topological polar surface area (TPSA) is 116 Å². The van der Waals surface area contributed by atoms with Gasteiger partial charge in [-0.3, -0.25) is 29.5 Å². The molecule has 4 aliphatic rings. The van der Waals surface area contributed by atoms with Crippen LogP contribution in [0.15, 0.2) is 78.4 Å². The molecule has 0 aromatic heterocycles. The van der Waals surface area contributed by atoms with E-state index in [1.54, 1.807) is 43.3 Å². The van der Waals surface area contributed by atoms with Crippen LogP contribution >= 0.6 is 11.6 Å². The molecule has 0 spiro atoms. The van der Waals surface area contributed by atoms with Crippen molar-refractivity contribution in [1.29, 1.82) is 0 Å². The predicted molar refractivity (Wildman–Crippen MR) is 166 cm³/mol. The van der Waals surface area contributed by atoms with Crippen molar-refractivity contribution in [3.8, 4) is 11.5 Å². The molecule has 2 aliphatic carbocycles. The van der Waals surface area contributed by atoms with E-state index in [-0.39, 0.29) is 36.3 Å². The molecule has 0 radical (unpaired) electrons. The molecule has 3 fully saturated rings. The number of nitrogens with zero attached hydrogens (tertiary/aromatic N) is 2. The lowest BCUT2D eigenvalue weighted by atomic mass is 9.49. The van der Waals surface area contributed by atoms with Crippen molar-refractivity contribution in [2.75, 3.05) is 19.1 Å². The molecule has 3 aromatic rings. The Morgan fingerprint density at radius 1 is 0.978 bits per heavy atom. The van der Waals surface area contributed by atoms with Gasteiger partial charge in [0.1, 0.15) is 5.82 Å². The number of hydrazine groups is 1. The molecule has 6 atom stereocenters. The maximum Gasteiger partial charge on any atom is 0.260 e. The number of ether oxygens (including phenoxy) is 1. The minimum Gasteiger partial charge on any atom is -0.504 e. The molecule has 2 N–H and O–H groups in total. The van der Waals surface area contributed by atoms with E-state index in [4.69, 9.17) is 16.3 Å². The summed E-state index contributed by atoms with van der Waals surface area (Å²) in [7, 11) is 1.42. The normalized spacial score (nSPS) is 28.5. The molecular weight excluding hydrogens is 613 g/mol. The summed E-state index contributed by atoms with van der Waals surface area (Å²) in [5.74, 6) is -5.42. The number of likely N-dealkylation sites (tertiary alicyclic amines) is 1. The highest BCUT2D eigenvalue weighted by Crippen LogP contribution is 2.64. The summed E-state index contributed by atoms with van der Waals surface area (Å²) in [5.41, 5.74) is 3.67. The highest BCUT2D eigenvalue weighted by atomic mass is 35.5. The van der Waals surface area contributed by atoms with Gasteiger partial charge in [0, 0.05) is 17.5 Å². The maximum atomic E-state index is 15.0. The fourth-order valence-corrected chi connectivity index (χ4v) is 8.41. The third-order valence-electron chi connectivity index (χ3n) is 10.2. The molecule has 9 nitrogen and oxygen atoms in total. The van der Waals surface area contributed by atoms with Crippen molar-refractivity contribution in [2.45, 2.75) is 31.1 Å². The SMILES string of the molecule is CCN1C(=O)[C@H]2[C@H](CC=C3[C@H]2C[C@H]2C(=O)N(Nc4ccc(F)cc4)C(=O)[C@@]2(c2ccc(Cl)cc2)[C@H]3c2ccc(O)c(OC)c2)C1=O. The second-order valence-electron chi connectivity index (χ2n) is 12.2. The highest BCUT2D eigenvalue weighted by Gasteiger charge is 2.70. The van der Waals surface area contributed by atoms with Gasteiger partial charge in [-0.1, -0.05) is 41.4 Å². The molecule has 236 valence electrons. The van der Waals surface area contributed by atoms with E-state index in [9.17, 15) is 23.9 Å². The van der Waals surface area contributed by atoms with Gasteiger partial charge in [-0.25, -0.2) is 4.39 Å². The number of imide groups is 2. The second-order valence-corrected chi connectivity index (χ2v) is 12.7. The summed E-state index contributed by atoms with van der Waals surface area (Å²) in [4.78, 5) is 58.0. The number of nitrogens with one attached hydrogen (secondary N) is 1. The van der Waals surface area contributed by atoms with Gasteiger partial charge in [-0.2, -0.15) is 5.01 Å². The summed E-state index contributed by atoms with van der Waals surface area (Å²) in [6.45, 7) is 2.01. The van der Waals surface area contributed by atoms with Crippen LogP contribution in [0.4, 0.5) is 10.1 Å². The molecule has 1 saturated carbocycles. The Kier molecular flexibility index (Phi) is 7.15. The first-order chi connectivity index (χ1) is 22.1. The highest BCUT2D eigenvalue weighted by molar-refractivity contribution is 6.30. The number of halogens is 2. The van der Waals surface area contributed by atoms with Crippen molar-refractivity contribution < 1.29 is 33.4 Å². The van der Waals surface area contributed by atoms with Gasteiger partial charge in [0.05, 0.1) is 36.0 Å². The molecule has 11 heteroatoms. The summed E-state index contributed by atoms with van der Waals surface area (Å²) in [5, 5.41) is 12.0. The molecular formula is C35H31ClFN3O6. The van der Waals surface area contributed by atoms with Gasteiger partial charge in [0.15, 0.2) is 11.5 Å². The van der Waals surface area contributed by atoms with Crippen LogP contribution in [-0.2, 0) is 24.6 Å². The number of hydrogen-bond acceptors (Lipinski definition) is 7. The molecule has 2 saturated heterocycles. The summed E-state index contributed by atoms with van der Waals surface area (Å²) in [6.07, 6.45) is 2.41.